The summed E-state index contributed by atoms with van der Waals surface area (Å²) in [6.45, 7) is 15.9. The summed E-state index contributed by atoms with van der Waals surface area (Å²) in [5.41, 5.74) is 1.55. The Labute approximate surface area is 180 Å². The van der Waals surface area contributed by atoms with Crippen LogP contribution in [0.15, 0.2) is 47.8 Å². The molecule has 0 aliphatic heterocycles. The summed E-state index contributed by atoms with van der Waals surface area (Å²) in [5, 5.41) is 21.0. The molecule has 0 bridgehead atoms. The number of aliphatic carboxylic acids is 1. The van der Waals surface area contributed by atoms with Crippen molar-refractivity contribution in [2.24, 2.45) is 28.6 Å². The van der Waals surface area contributed by atoms with Gasteiger partial charge in [-0.2, -0.15) is 0 Å². The van der Waals surface area contributed by atoms with Crippen LogP contribution < -0.4 is 0 Å². The van der Waals surface area contributed by atoms with E-state index in [1.807, 2.05) is 6.92 Å². The van der Waals surface area contributed by atoms with Gasteiger partial charge in [-0.3, -0.25) is 4.79 Å². The van der Waals surface area contributed by atoms with Gasteiger partial charge in [-0.15, -0.1) is 0 Å². The number of aliphatic hydroxyl groups is 1. The molecule has 0 aromatic carbocycles. The zero-order chi connectivity index (χ0) is 21.9. The maximum absolute atomic E-state index is 11.7. The van der Waals surface area contributed by atoms with E-state index in [4.69, 9.17) is 4.74 Å². The monoisotopic (exact) mass is 412 g/mol. The zero-order valence-electron chi connectivity index (χ0n) is 18.7. The van der Waals surface area contributed by atoms with Gasteiger partial charge in [-0.25, -0.2) is 0 Å². The van der Waals surface area contributed by atoms with Gasteiger partial charge in [0.25, 0.3) is 0 Å². The normalized spacial score (nSPS) is 42.6. The van der Waals surface area contributed by atoms with Crippen molar-refractivity contribution in [2.75, 3.05) is 6.61 Å². The Morgan fingerprint density at radius 3 is 2.70 bits per heavy atom. The fourth-order valence-electron chi connectivity index (χ4n) is 7.44. The van der Waals surface area contributed by atoms with Gasteiger partial charge >= 0.3 is 5.97 Å². The van der Waals surface area contributed by atoms with Crippen LogP contribution in [0.5, 0.6) is 0 Å². The fourth-order valence-corrected chi connectivity index (χ4v) is 7.44. The number of fused-ring (bicyclic) bond motifs is 5. The standard InChI is InChI=1S/C26H36O4/c1-6-30-19-9-12-24(4)18(15-19)7-8-20-21(24)10-13-25(5)23(20)16(2)17(3)26(25,29)14-11-22(27)28/h7,15,20-21,23,29H,2-3,6,8-14H2,1,4-5H3,(H,27,28)/t20-,21+,23+,24+,25+,26-/m1/s1. The van der Waals surface area contributed by atoms with Gasteiger partial charge in [0.2, 0.25) is 0 Å². The molecule has 0 saturated heterocycles. The lowest BCUT2D eigenvalue weighted by Crippen LogP contribution is -2.54. The van der Waals surface area contributed by atoms with Crippen LogP contribution in [-0.4, -0.2) is 28.4 Å². The molecular weight excluding hydrogens is 376 g/mol. The van der Waals surface area contributed by atoms with Crippen LogP contribution in [0.3, 0.4) is 0 Å². The van der Waals surface area contributed by atoms with Gasteiger partial charge in [0.1, 0.15) is 0 Å². The molecule has 164 valence electrons. The Bertz CT molecular complexity index is 851. The van der Waals surface area contributed by atoms with Crippen molar-refractivity contribution in [2.45, 2.75) is 71.3 Å². The average molecular weight is 413 g/mol. The minimum absolute atomic E-state index is 0.0496. The molecule has 0 aromatic rings. The maximum atomic E-state index is 11.7. The van der Waals surface area contributed by atoms with E-state index >= 15 is 0 Å². The number of hydrogen-bond donors (Lipinski definition) is 2. The third kappa shape index (κ3) is 2.79. The van der Waals surface area contributed by atoms with Crippen molar-refractivity contribution >= 4 is 5.97 Å². The molecule has 2 saturated carbocycles. The van der Waals surface area contributed by atoms with Gasteiger partial charge in [0.15, 0.2) is 0 Å². The molecule has 0 amide bonds. The van der Waals surface area contributed by atoms with E-state index in [0.717, 1.165) is 43.4 Å². The second-order valence-electron chi connectivity index (χ2n) is 10.3. The maximum Gasteiger partial charge on any atom is 0.303 e. The van der Waals surface area contributed by atoms with Crippen LogP contribution in [0.2, 0.25) is 0 Å². The molecular formula is C26H36O4. The lowest BCUT2D eigenvalue weighted by molar-refractivity contribution is -0.142. The van der Waals surface area contributed by atoms with Gasteiger partial charge < -0.3 is 14.9 Å². The summed E-state index contributed by atoms with van der Waals surface area (Å²) >= 11 is 0. The van der Waals surface area contributed by atoms with Crippen LogP contribution in [0.4, 0.5) is 0 Å². The van der Waals surface area contributed by atoms with Crippen LogP contribution in [0, 0.1) is 28.6 Å². The second kappa shape index (κ2) is 7.12. The Kier molecular flexibility index (Phi) is 5.08. The van der Waals surface area contributed by atoms with Crippen molar-refractivity contribution in [3.05, 3.63) is 47.8 Å². The van der Waals surface area contributed by atoms with E-state index in [1.54, 1.807) is 0 Å². The predicted octanol–water partition coefficient (Wildman–Crippen LogP) is 5.41. The lowest BCUT2D eigenvalue weighted by atomic mass is 9.47. The number of carboxylic acids is 1. The average Bonchev–Trinajstić information content (AvgIpc) is 2.85. The van der Waals surface area contributed by atoms with Gasteiger partial charge in [-0.1, -0.05) is 33.1 Å². The third-order valence-electron chi connectivity index (χ3n) is 9.14. The largest absolute Gasteiger partial charge is 0.498 e. The molecule has 4 rings (SSSR count). The number of carbonyl (C=O) groups is 1. The van der Waals surface area contributed by atoms with Crippen LogP contribution >= 0.6 is 0 Å². The van der Waals surface area contributed by atoms with Crippen molar-refractivity contribution in [1.29, 1.82) is 0 Å². The highest BCUT2D eigenvalue weighted by Gasteiger charge is 2.66. The molecule has 4 aliphatic rings. The van der Waals surface area contributed by atoms with Crippen molar-refractivity contribution in [3.8, 4) is 0 Å². The molecule has 30 heavy (non-hydrogen) atoms. The van der Waals surface area contributed by atoms with E-state index in [1.165, 1.54) is 5.57 Å². The Balaban J connectivity index is 1.70. The highest BCUT2D eigenvalue weighted by Crippen LogP contribution is 2.69. The summed E-state index contributed by atoms with van der Waals surface area (Å²) in [6.07, 6.45) is 9.76. The summed E-state index contributed by atoms with van der Waals surface area (Å²) in [4.78, 5) is 11.3. The molecule has 4 nitrogen and oxygen atoms in total. The first-order valence-corrected chi connectivity index (χ1v) is 11.4. The van der Waals surface area contributed by atoms with Crippen LogP contribution in [0.25, 0.3) is 0 Å². The quantitative estimate of drug-likeness (QED) is 0.634. The smallest absolute Gasteiger partial charge is 0.303 e. The Morgan fingerprint density at radius 1 is 1.30 bits per heavy atom. The Morgan fingerprint density at radius 2 is 2.03 bits per heavy atom. The van der Waals surface area contributed by atoms with Crippen LogP contribution in [-0.2, 0) is 9.53 Å². The Hall–Kier alpha value is -1.81. The third-order valence-corrected chi connectivity index (χ3v) is 9.14. The summed E-state index contributed by atoms with van der Waals surface area (Å²) in [5.74, 6) is 1.31. The molecule has 6 atom stereocenters. The highest BCUT2D eigenvalue weighted by molar-refractivity contribution is 5.67. The van der Waals surface area contributed by atoms with E-state index in [0.29, 0.717) is 24.0 Å². The fraction of sp³-hybridized carbons (Fsp3) is 0.654. The number of rotatable bonds is 5. The van der Waals surface area contributed by atoms with E-state index in [2.05, 4.69) is 39.2 Å². The van der Waals surface area contributed by atoms with E-state index in [-0.39, 0.29) is 24.2 Å². The molecule has 0 radical (unpaired) electrons. The number of hydrogen-bond acceptors (Lipinski definition) is 3. The van der Waals surface area contributed by atoms with E-state index < -0.39 is 17.0 Å². The summed E-state index contributed by atoms with van der Waals surface area (Å²) < 4.78 is 5.82. The molecule has 0 aromatic heterocycles. The first kappa shape index (κ1) is 21.4. The first-order valence-electron chi connectivity index (χ1n) is 11.4. The van der Waals surface area contributed by atoms with Crippen molar-refractivity contribution in [3.63, 3.8) is 0 Å². The van der Waals surface area contributed by atoms with Gasteiger partial charge in [0, 0.05) is 18.3 Å². The minimum atomic E-state index is -1.18. The molecule has 4 aliphatic carbocycles. The van der Waals surface area contributed by atoms with Gasteiger partial charge in [0.05, 0.1) is 18.0 Å². The minimum Gasteiger partial charge on any atom is -0.498 e. The highest BCUT2D eigenvalue weighted by atomic mass is 16.5. The lowest BCUT2D eigenvalue weighted by Gasteiger charge is -2.58. The molecule has 0 heterocycles. The molecule has 0 spiro atoms. The van der Waals surface area contributed by atoms with Crippen LogP contribution in [0.1, 0.15) is 65.7 Å². The first-order chi connectivity index (χ1) is 14.1. The van der Waals surface area contributed by atoms with Crippen molar-refractivity contribution < 1.29 is 19.7 Å². The molecule has 2 N–H and O–H groups in total. The SMILES string of the molecule is C=C1C(=C)[C@](O)(CCC(=O)O)[C@@]2(C)CC[C@H]3[C@@H](CC=C4C=C(OCC)CC[C@@]43C)[C@H]12. The predicted molar refractivity (Wildman–Crippen MR) is 118 cm³/mol. The number of carboxylic acid groups (broad SMARTS) is 1. The zero-order valence-corrected chi connectivity index (χ0v) is 18.7. The number of ether oxygens (including phenoxy) is 1. The second-order valence-corrected chi connectivity index (χ2v) is 10.3. The molecule has 0 unspecified atom stereocenters. The topological polar surface area (TPSA) is 66.8 Å². The molecule has 4 heteroatoms. The van der Waals surface area contributed by atoms with E-state index in [9.17, 15) is 15.0 Å². The summed E-state index contributed by atoms with van der Waals surface area (Å²) in [7, 11) is 0. The van der Waals surface area contributed by atoms with Gasteiger partial charge in [-0.05, 0) is 85.0 Å². The van der Waals surface area contributed by atoms with Crippen molar-refractivity contribution in [1.82, 2.24) is 0 Å². The summed E-state index contributed by atoms with van der Waals surface area (Å²) in [6, 6.07) is 0. The molecule has 2 fully saturated rings. The number of allylic oxidation sites excluding steroid dienone is 4.